The van der Waals surface area contributed by atoms with Gasteiger partial charge < -0.3 is 9.47 Å². The number of benzene rings is 2. The molecule has 0 aliphatic carbocycles. The minimum Gasteiger partial charge on any atom is -0.309 e. The molecule has 29 heavy (non-hydrogen) atoms. The number of imidazole rings is 1. The maximum atomic E-state index is 14.1. The lowest BCUT2D eigenvalue weighted by molar-refractivity contribution is -0.122. The number of amides is 2. The average molecular weight is 394 g/mol. The van der Waals surface area contributed by atoms with Crippen LogP contribution >= 0.6 is 0 Å². The number of hydrogen-bond donors (Lipinski definition) is 1. The van der Waals surface area contributed by atoms with Gasteiger partial charge in [0.2, 0.25) is 17.8 Å². The van der Waals surface area contributed by atoms with Crippen molar-refractivity contribution < 1.29 is 14.0 Å². The quantitative estimate of drug-likeness (QED) is 0.732. The zero-order chi connectivity index (χ0) is 20.8. The summed E-state index contributed by atoms with van der Waals surface area (Å²) in [6, 6.07) is 13.8. The first kappa shape index (κ1) is 19.1. The Balaban J connectivity index is 1.59. The van der Waals surface area contributed by atoms with Crippen molar-refractivity contribution in [3.8, 4) is 0 Å². The molecule has 1 aromatic heterocycles. The van der Waals surface area contributed by atoms with Crippen molar-refractivity contribution in [1.82, 2.24) is 9.55 Å². The molecule has 2 amide bonds. The Kier molecular flexibility index (Phi) is 4.61. The molecule has 4 rings (SSSR count). The molecule has 3 aromatic rings. The number of nitrogens with zero attached hydrogens (tertiary/aromatic N) is 3. The molecule has 150 valence electrons. The Morgan fingerprint density at radius 1 is 1.14 bits per heavy atom. The predicted octanol–water partition coefficient (Wildman–Crippen LogP) is 3.92. The van der Waals surface area contributed by atoms with E-state index in [9.17, 15) is 14.0 Å². The smallest absolute Gasteiger partial charge is 0.232 e. The van der Waals surface area contributed by atoms with E-state index in [1.807, 2.05) is 49.6 Å². The molecular formula is C22H23FN4O2. The third-order valence-corrected chi connectivity index (χ3v) is 5.11. The molecule has 1 aliphatic rings. The van der Waals surface area contributed by atoms with Crippen LogP contribution in [0.2, 0.25) is 0 Å². The number of rotatable bonds is 3. The van der Waals surface area contributed by atoms with Crippen molar-refractivity contribution in [2.75, 3.05) is 16.8 Å². The number of nitrogens with one attached hydrogen (secondary N) is 1. The number of aromatic nitrogens is 2. The van der Waals surface area contributed by atoms with Crippen molar-refractivity contribution in [2.45, 2.75) is 32.7 Å². The zero-order valence-corrected chi connectivity index (χ0v) is 16.6. The number of anilines is 2. The summed E-state index contributed by atoms with van der Waals surface area (Å²) in [6.45, 7) is 6.25. The topological polar surface area (TPSA) is 67.2 Å². The van der Waals surface area contributed by atoms with Gasteiger partial charge in [0.15, 0.2) is 0 Å². The van der Waals surface area contributed by atoms with E-state index in [1.54, 1.807) is 18.2 Å². The van der Waals surface area contributed by atoms with Crippen molar-refractivity contribution in [1.29, 1.82) is 0 Å². The maximum absolute atomic E-state index is 14.1. The second-order valence-corrected chi connectivity index (χ2v) is 8.28. The molecule has 6 nitrogen and oxygen atoms in total. The van der Waals surface area contributed by atoms with Gasteiger partial charge in [-0.2, -0.15) is 0 Å². The lowest BCUT2D eigenvalue weighted by Gasteiger charge is -2.25. The largest absolute Gasteiger partial charge is 0.309 e. The van der Waals surface area contributed by atoms with Crippen molar-refractivity contribution in [2.24, 2.45) is 5.92 Å². The van der Waals surface area contributed by atoms with Gasteiger partial charge in [-0.05, 0) is 45.0 Å². The SMILES string of the molecule is CC(C)(C)n1c(NC(=O)C2CC(=O)N(c3ccccc3F)C2)nc2ccccc21. The van der Waals surface area contributed by atoms with Gasteiger partial charge in [-0.15, -0.1) is 0 Å². The average Bonchev–Trinajstić information content (AvgIpc) is 3.22. The molecule has 1 atom stereocenters. The second-order valence-electron chi connectivity index (χ2n) is 8.28. The van der Waals surface area contributed by atoms with Crippen LogP contribution in [0.25, 0.3) is 11.0 Å². The fraction of sp³-hybridized carbons (Fsp3) is 0.318. The summed E-state index contributed by atoms with van der Waals surface area (Å²) in [6.07, 6.45) is 0.0376. The number of fused-ring (bicyclic) bond motifs is 1. The fourth-order valence-corrected chi connectivity index (χ4v) is 3.79. The first-order valence-electron chi connectivity index (χ1n) is 9.59. The van der Waals surface area contributed by atoms with Gasteiger partial charge in [-0.25, -0.2) is 9.37 Å². The Labute approximate surface area is 168 Å². The van der Waals surface area contributed by atoms with Crippen LogP contribution < -0.4 is 10.2 Å². The second kappa shape index (κ2) is 6.99. The van der Waals surface area contributed by atoms with Gasteiger partial charge in [0.05, 0.1) is 22.6 Å². The van der Waals surface area contributed by atoms with Crippen molar-refractivity contribution >= 4 is 34.5 Å². The summed E-state index contributed by atoms with van der Waals surface area (Å²) in [7, 11) is 0. The highest BCUT2D eigenvalue weighted by molar-refractivity contribution is 6.03. The van der Waals surface area contributed by atoms with E-state index in [0.717, 1.165) is 11.0 Å². The predicted molar refractivity (Wildman–Crippen MR) is 110 cm³/mol. The minimum atomic E-state index is -0.574. The molecule has 0 bridgehead atoms. The van der Waals surface area contributed by atoms with Crippen LogP contribution in [0.1, 0.15) is 27.2 Å². The number of carbonyl (C=O) groups is 2. The van der Waals surface area contributed by atoms with Crippen LogP contribution in [0.4, 0.5) is 16.0 Å². The molecule has 7 heteroatoms. The van der Waals surface area contributed by atoms with Crippen LogP contribution in [0.5, 0.6) is 0 Å². The summed E-state index contributed by atoms with van der Waals surface area (Å²) in [4.78, 5) is 31.3. The van der Waals surface area contributed by atoms with Gasteiger partial charge in [0, 0.05) is 18.5 Å². The Bertz CT molecular complexity index is 1100. The van der Waals surface area contributed by atoms with E-state index >= 15 is 0 Å². The van der Waals surface area contributed by atoms with E-state index in [2.05, 4.69) is 10.3 Å². The lowest BCUT2D eigenvalue weighted by atomic mass is 10.1. The Morgan fingerprint density at radius 3 is 2.55 bits per heavy atom. The van der Waals surface area contributed by atoms with Gasteiger partial charge in [-0.1, -0.05) is 24.3 Å². The summed E-state index contributed by atoms with van der Waals surface area (Å²) in [5.41, 5.74) is 1.61. The number of para-hydroxylation sites is 3. The fourth-order valence-electron chi connectivity index (χ4n) is 3.79. The summed E-state index contributed by atoms with van der Waals surface area (Å²) < 4.78 is 16.1. The van der Waals surface area contributed by atoms with Crippen molar-refractivity contribution in [3.63, 3.8) is 0 Å². The molecule has 0 saturated carbocycles. The van der Waals surface area contributed by atoms with E-state index in [-0.39, 0.29) is 36.0 Å². The molecule has 2 aromatic carbocycles. The first-order chi connectivity index (χ1) is 13.8. The van der Waals surface area contributed by atoms with Crippen LogP contribution in [0.3, 0.4) is 0 Å². The molecule has 1 aliphatic heterocycles. The molecule has 1 fully saturated rings. The molecular weight excluding hydrogens is 371 g/mol. The number of carbonyl (C=O) groups excluding carboxylic acids is 2. The normalized spacial score (nSPS) is 17.2. The van der Waals surface area contributed by atoms with Crippen LogP contribution in [0, 0.1) is 11.7 Å². The molecule has 1 saturated heterocycles. The first-order valence-corrected chi connectivity index (χ1v) is 9.59. The standard InChI is InChI=1S/C22H23FN4O2/c1-22(2,3)27-18-11-7-5-9-16(18)24-21(27)25-20(29)14-12-19(28)26(13-14)17-10-6-4-8-15(17)23/h4-11,14H,12-13H2,1-3H3,(H,24,25,29). The number of hydrogen-bond acceptors (Lipinski definition) is 3. The van der Waals surface area contributed by atoms with Crippen molar-refractivity contribution in [3.05, 3.63) is 54.3 Å². The van der Waals surface area contributed by atoms with E-state index in [1.165, 1.54) is 11.0 Å². The minimum absolute atomic E-state index is 0.0376. The van der Waals surface area contributed by atoms with E-state index in [4.69, 9.17) is 0 Å². The van der Waals surface area contributed by atoms with E-state index < -0.39 is 11.7 Å². The Morgan fingerprint density at radius 2 is 1.83 bits per heavy atom. The van der Waals surface area contributed by atoms with Crippen LogP contribution in [0.15, 0.2) is 48.5 Å². The molecule has 1 N–H and O–H groups in total. The van der Waals surface area contributed by atoms with Gasteiger partial charge in [-0.3, -0.25) is 14.9 Å². The van der Waals surface area contributed by atoms with Gasteiger partial charge in [0.1, 0.15) is 5.82 Å². The molecule has 2 heterocycles. The van der Waals surface area contributed by atoms with E-state index in [0.29, 0.717) is 5.95 Å². The zero-order valence-electron chi connectivity index (χ0n) is 16.6. The highest BCUT2D eigenvalue weighted by Gasteiger charge is 2.37. The highest BCUT2D eigenvalue weighted by atomic mass is 19.1. The summed E-state index contributed by atoms with van der Waals surface area (Å²) in [5, 5.41) is 2.90. The molecule has 1 unspecified atom stereocenters. The lowest BCUT2D eigenvalue weighted by Crippen LogP contribution is -2.31. The monoisotopic (exact) mass is 394 g/mol. The maximum Gasteiger partial charge on any atom is 0.232 e. The third kappa shape index (κ3) is 3.48. The Hall–Kier alpha value is -3.22. The van der Waals surface area contributed by atoms with Crippen LogP contribution in [-0.4, -0.2) is 27.9 Å². The molecule has 0 radical (unpaired) electrons. The van der Waals surface area contributed by atoms with Gasteiger partial charge >= 0.3 is 0 Å². The summed E-state index contributed by atoms with van der Waals surface area (Å²) >= 11 is 0. The highest BCUT2D eigenvalue weighted by Crippen LogP contribution is 2.30. The van der Waals surface area contributed by atoms with Gasteiger partial charge in [0.25, 0.3) is 0 Å². The number of halogens is 1. The van der Waals surface area contributed by atoms with Crippen LogP contribution in [-0.2, 0) is 15.1 Å². The third-order valence-electron chi connectivity index (χ3n) is 5.11. The summed E-state index contributed by atoms with van der Waals surface area (Å²) in [5.74, 6) is -1.16. The molecule has 0 spiro atoms.